The summed E-state index contributed by atoms with van der Waals surface area (Å²) in [5.74, 6) is 0.190. The van der Waals surface area contributed by atoms with Crippen LogP contribution in [0.15, 0.2) is 42.7 Å². The highest BCUT2D eigenvalue weighted by Crippen LogP contribution is 2.11. The smallest absolute Gasteiger partial charge is 0.315 e. The van der Waals surface area contributed by atoms with Crippen LogP contribution < -0.4 is 10.6 Å². The molecular weight excluding hydrogens is 328 g/mol. The Hall–Kier alpha value is -2.35. The Morgan fingerprint density at radius 2 is 2.08 bits per heavy atom. The number of urea groups is 1. The van der Waals surface area contributed by atoms with Crippen molar-refractivity contribution in [2.45, 2.75) is 18.9 Å². The van der Waals surface area contributed by atoms with E-state index in [0.29, 0.717) is 19.4 Å². The molecule has 0 aliphatic carbocycles. The molecule has 0 spiro atoms. The summed E-state index contributed by atoms with van der Waals surface area (Å²) in [4.78, 5) is 11.8. The number of carbonyl (C=O) groups is 1. The van der Waals surface area contributed by atoms with Crippen LogP contribution in [0.2, 0.25) is 0 Å². The van der Waals surface area contributed by atoms with E-state index >= 15 is 0 Å². The summed E-state index contributed by atoms with van der Waals surface area (Å²) in [6, 6.07) is 9.23. The van der Waals surface area contributed by atoms with E-state index in [4.69, 9.17) is 0 Å². The fourth-order valence-electron chi connectivity index (χ4n) is 2.70. The Morgan fingerprint density at radius 1 is 1.29 bits per heavy atom. The van der Waals surface area contributed by atoms with Crippen molar-refractivity contribution in [3.05, 3.63) is 48.3 Å². The van der Waals surface area contributed by atoms with Crippen molar-refractivity contribution in [1.82, 2.24) is 20.4 Å². The number of rotatable bonds is 5. The van der Waals surface area contributed by atoms with Crippen molar-refractivity contribution < 1.29 is 13.2 Å². The average Bonchev–Trinajstić information content (AvgIpc) is 3.18. The van der Waals surface area contributed by atoms with Crippen LogP contribution in [0, 0.1) is 0 Å². The Bertz CT molecular complexity index is 785. The third-order valence-corrected chi connectivity index (χ3v) is 5.74. The van der Waals surface area contributed by atoms with Crippen LogP contribution >= 0.6 is 0 Å². The largest absolute Gasteiger partial charge is 0.338 e. The number of carbonyl (C=O) groups excluding carboxylic acids is 1. The van der Waals surface area contributed by atoms with Gasteiger partial charge in [0.25, 0.3) is 0 Å². The van der Waals surface area contributed by atoms with E-state index in [9.17, 15) is 13.2 Å². The van der Waals surface area contributed by atoms with Gasteiger partial charge in [-0.3, -0.25) is 0 Å². The Morgan fingerprint density at radius 3 is 2.71 bits per heavy atom. The number of hydrogen-bond acceptors (Lipinski definition) is 4. The number of sulfone groups is 1. The molecule has 1 aliphatic rings. The molecule has 1 aromatic carbocycles. The van der Waals surface area contributed by atoms with Gasteiger partial charge in [0.05, 0.1) is 17.2 Å². The first-order valence-corrected chi connectivity index (χ1v) is 9.68. The summed E-state index contributed by atoms with van der Waals surface area (Å²) < 4.78 is 24.5. The number of benzene rings is 1. The standard InChI is InChI=1S/C16H20N4O3S/c21-16(19-14-7-11-24(22,23)12-14)17-9-6-13-2-4-15(5-3-13)20-10-1-8-18-20/h1-5,8,10,14H,6-7,9,11-12H2,(H2,17,19,21)/t14-/m0/s1. The van der Waals surface area contributed by atoms with E-state index in [1.54, 1.807) is 10.9 Å². The highest BCUT2D eigenvalue weighted by atomic mass is 32.2. The first kappa shape index (κ1) is 16.5. The number of aromatic nitrogens is 2. The van der Waals surface area contributed by atoms with Gasteiger partial charge in [0, 0.05) is 25.0 Å². The number of amides is 2. The Balaban J connectivity index is 1.42. The van der Waals surface area contributed by atoms with E-state index in [-0.39, 0.29) is 23.6 Å². The van der Waals surface area contributed by atoms with Gasteiger partial charge < -0.3 is 10.6 Å². The average molecular weight is 348 g/mol. The molecule has 0 saturated carbocycles. The third-order valence-electron chi connectivity index (χ3n) is 3.97. The maximum Gasteiger partial charge on any atom is 0.315 e. The van der Waals surface area contributed by atoms with Crippen LogP contribution in [0.4, 0.5) is 4.79 Å². The predicted molar refractivity (Wildman–Crippen MR) is 90.9 cm³/mol. The van der Waals surface area contributed by atoms with Crippen molar-refractivity contribution in [1.29, 1.82) is 0 Å². The summed E-state index contributed by atoms with van der Waals surface area (Å²) in [6.07, 6.45) is 4.80. The molecular formula is C16H20N4O3S. The summed E-state index contributed by atoms with van der Waals surface area (Å²) in [6.45, 7) is 0.492. The second-order valence-corrected chi connectivity index (χ2v) is 8.10. The van der Waals surface area contributed by atoms with Gasteiger partial charge in [0.1, 0.15) is 0 Å². The molecule has 8 heteroatoms. The first-order chi connectivity index (χ1) is 11.5. The molecule has 2 aromatic rings. The topological polar surface area (TPSA) is 93.1 Å². The zero-order valence-electron chi connectivity index (χ0n) is 13.2. The van der Waals surface area contributed by atoms with Gasteiger partial charge in [-0.25, -0.2) is 17.9 Å². The minimum absolute atomic E-state index is 0.0370. The molecule has 1 fully saturated rings. The molecule has 3 rings (SSSR count). The molecule has 1 aromatic heterocycles. The van der Waals surface area contributed by atoms with Gasteiger partial charge in [0.15, 0.2) is 9.84 Å². The van der Waals surface area contributed by atoms with Gasteiger partial charge >= 0.3 is 6.03 Å². The highest BCUT2D eigenvalue weighted by molar-refractivity contribution is 7.91. The van der Waals surface area contributed by atoms with Crippen molar-refractivity contribution in [2.24, 2.45) is 0 Å². The van der Waals surface area contributed by atoms with Gasteiger partial charge in [-0.05, 0) is 36.6 Å². The van der Waals surface area contributed by atoms with Crippen molar-refractivity contribution in [3.8, 4) is 5.69 Å². The van der Waals surface area contributed by atoms with E-state index in [0.717, 1.165) is 11.3 Å². The first-order valence-electron chi connectivity index (χ1n) is 7.86. The van der Waals surface area contributed by atoms with Crippen LogP contribution in [0.3, 0.4) is 0 Å². The van der Waals surface area contributed by atoms with Crippen LogP contribution in [0.5, 0.6) is 0 Å². The fourth-order valence-corrected chi connectivity index (χ4v) is 4.38. The molecule has 1 aliphatic heterocycles. The fraction of sp³-hybridized carbons (Fsp3) is 0.375. The molecule has 1 saturated heterocycles. The number of hydrogen-bond donors (Lipinski definition) is 2. The van der Waals surface area contributed by atoms with E-state index in [2.05, 4.69) is 15.7 Å². The number of nitrogens with one attached hydrogen (secondary N) is 2. The predicted octanol–water partition coefficient (Wildman–Crippen LogP) is 0.901. The maximum absolute atomic E-state index is 11.8. The third kappa shape index (κ3) is 4.35. The Kier molecular flexibility index (Phi) is 4.84. The van der Waals surface area contributed by atoms with Crippen LogP contribution in [-0.4, -0.2) is 48.3 Å². The molecule has 2 amide bonds. The monoisotopic (exact) mass is 348 g/mol. The van der Waals surface area contributed by atoms with Crippen molar-refractivity contribution >= 4 is 15.9 Å². The summed E-state index contributed by atoms with van der Waals surface area (Å²) in [7, 11) is -2.98. The minimum atomic E-state index is -2.98. The SMILES string of the molecule is O=C(NCCc1ccc(-n2cccn2)cc1)N[C@H]1CCS(=O)(=O)C1. The molecule has 0 bridgehead atoms. The van der Waals surface area contributed by atoms with Crippen LogP contribution in [-0.2, 0) is 16.3 Å². The Labute approximate surface area is 141 Å². The lowest BCUT2D eigenvalue weighted by Crippen LogP contribution is -2.43. The molecule has 1 atom stereocenters. The van der Waals surface area contributed by atoms with Gasteiger partial charge in [-0.1, -0.05) is 12.1 Å². The molecule has 0 radical (unpaired) electrons. The zero-order chi connectivity index (χ0) is 17.0. The molecule has 0 unspecified atom stereocenters. The van der Waals surface area contributed by atoms with Crippen molar-refractivity contribution in [3.63, 3.8) is 0 Å². The summed E-state index contributed by atoms with van der Waals surface area (Å²) in [5, 5.41) is 9.64. The molecule has 24 heavy (non-hydrogen) atoms. The molecule has 2 N–H and O–H groups in total. The second-order valence-electron chi connectivity index (χ2n) is 5.87. The lowest BCUT2D eigenvalue weighted by atomic mass is 10.1. The summed E-state index contributed by atoms with van der Waals surface area (Å²) in [5.41, 5.74) is 2.09. The lowest BCUT2D eigenvalue weighted by Gasteiger charge is -2.12. The quantitative estimate of drug-likeness (QED) is 0.840. The van der Waals surface area contributed by atoms with Gasteiger partial charge in [0.2, 0.25) is 0 Å². The van der Waals surface area contributed by atoms with Gasteiger partial charge in [-0.2, -0.15) is 5.10 Å². The summed E-state index contributed by atoms with van der Waals surface area (Å²) >= 11 is 0. The maximum atomic E-state index is 11.8. The van der Waals surface area contributed by atoms with E-state index in [1.165, 1.54) is 0 Å². The molecule has 128 valence electrons. The van der Waals surface area contributed by atoms with Crippen molar-refractivity contribution in [2.75, 3.05) is 18.1 Å². The van der Waals surface area contributed by atoms with E-state index < -0.39 is 9.84 Å². The number of nitrogens with zero attached hydrogens (tertiary/aromatic N) is 2. The second kappa shape index (κ2) is 7.04. The van der Waals surface area contributed by atoms with E-state index in [1.807, 2.05) is 36.5 Å². The van der Waals surface area contributed by atoms with Crippen LogP contribution in [0.25, 0.3) is 5.69 Å². The minimum Gasteiger partial charge on any atom is -0.338 e. The zero-order valence-corrected chi connectivity index (χ0v) is 14.0. The van der Waals surface area contributed by atoms with Crippen LogP contribution in [0.1, 0.15) is 12.0 Å². The normalized spacial score (nSPS) is 19.1. The lowest BCUT2D eigenvalue weighted by molar-refractivity contribution is 0.238. The highest BCUT2D eigenvalue weighted by Gasteiger charge is 2.28. The van der Waals surface area contributed by atoms with Gasteiger partial charge in [-0.15, -0.1) is 0 Å². The molecule has 2 heterocycles. The molecule has 7 nitrogen and oxygen atoms in total.